The molecule has 0 heterocycles. The van der Waals surface area contributed by atoms with E-state index in [0.29, 0.717) is 32.2 Å². The Kier molecular flexibility index (Phi) is 11.8. The molecular weight excluding hydrogens is 459 g/mol. The first-order chi connectivity index (χ1) is 12.2. The van der Waals surface area contributed by atoms with Crippen molar-refractivity contribution in [2.75, 3.05) is 26.7 Å². The number of aliphatic imine (C=N–C) groups is 1. The fraction of sp³-hybridized carbons (Fsp3) is 0.579. The van der Waals surface area contributed by atoms with Gasteiger partial charge in [0, 0.05) is 32.2 Å². The van der Waals surface area contributed by atoms with Crippen molar-refractivity contribution in [3.8, 4) is 5.75 Å². The van der Waals surface area contributed by atoms with Gasteiger partial charge in [-0.1, -0.05) is 12.1 Å². The number of hydrogen-bond acceptors (Lipinski definition) is 4. The van der Waals surface area contributed by atoms with Crippen LogP contribution in [0.4, 0.5) is 4.79 Å². The summed E-state index contributed by atoms with van der Waals surface area (Å²) in [7, 11) is 1.70. The van der Waals surface area contributed by atoms with Gasteiger partial charge in [-0.05, 0) is 46.2 Å². The Labute approximate surface area is 179 Å². The van der Waals surface area contributed by atoms with E-state index in [4.69, 9.17) is 9.47 Å². The topological polar surface area (TPSA) is 84.0 Å². The van der Waals surface area contributed by atoms with Gasteiger partial charge in [-0.2, -0.15) is 0 Å². The summed E-state index contributed by atoms with van der Waals surface area (Å²) in [6, 6.07) is 6.13. The lowest BCUT2D eigenvalue weighted by atomic mass is 10.1. The molecule has 1 aromatic rings. The lowest BCUT2D eigenvalue weighted by Gasteiger charge is -2.20. The highest BCUT2D eigenvalue weighted by Crippen LogP contribution is 2.20. The number of carbonyl (C=O) groups is 1. The van der Waals surface area contributed by atoms with Crippen LogP contribution in [-0.4, -0.2) is 44.4 Å². The molecule has 0 aliphatic rings. The van der Waals surface area contributed by atoms with Gasteiger partial charge in [0.05, 0.1) is 6.61 Å². The SMILES string of the molecule is CCOc1cc(C)ccc1CNC(=NC)NCCNC(=O)OC(C)(C)C.I. The van der Waals surface area contributed by atoms with Gasteiger partial charge in [0.25, 0.3) is 0 Å². The molecule has 0 bridgehead atoms. The zero-order valence-electron chi connectivity index (χ0n) is 17.1. The van der Waals surface area contributed by atoms with Gasteiger partial charge in [0.15, 0.2) is 5.96 Å². The van der Waals surface area contributed by atoms with Gasteiger partial charge in [-0.25, -0.2) is 4.79 Å². The van der Waals surface area contributed by atoms with Gasteiger partial charge >= 0.3 is 6.09 Å². The Balaban J connectivity index is 0.00000676. The lowest BCUT2D eigenvalue weighted by Crippen LogP contribution is -2.42. The maximum absolute atomic E-state index is 11.6. The number of hydrogen-bond donors (Lipinski definition) is 3. The zero-order chi connectivity index (χ0) is 19.6. The van der Waals surface area contributed by atoms with E-state index in [-0.39, 0.29) is 24.0 Å². The summed E-state index contributed by atoms with van der Waals surface area (Å²) in [5.41, 5.74) is 1.72. The molecule has 27 heavy (non-hydrogen) atoms. The molecule has 7 nitrogen and oxygen atoms in total. The molecular formula is C19H33IN4O3. The van der Waals surface area contributed by atoms with E-state index < -0.39 is 11.7 Å². The van der Waals surface area contributed by atoms with Crippen LogP contribution in [0, 0.1) is 6.92 Å². The lowest BCUT2D eigenvalue weighted by molar-refractivity contribution is 0.0529. The minimum atomic E-state index is -0.499. The van der Waals surface area contributed by atoms with Crippen molar-refractivity contribution < 1.29 is 14.3 Å². The second kappa shape index (κ2) is 12.6. The summed E-state index contributed by atoms with van der Waals surface area (Å²) >= 11 is 0. The van der Waals surface area contributed by atoms with Gasteiger partial charge in [0.2, 0.25) is 0 Å². The standard InChI is InChI=1S/C19H32N4O3.HI/c1-7-25-16-12-14(2)8-9-15(16)13-23-17(20-6)21-10-11-22-18(24)26-19(3,4)5;/h8-9,12H,7,10-11,13H2,1-6H3,(H,22,24)(H2,20,21,23);1H. The number of aryl methyl sites for hydroxylation is 1. The Hall–Kier alpha value is -1.71. The quantitative estimate of drug-likeness (QED) is 0.236. The third-order valence-electron chi connectivity index (χ3n) is 3.28. The molecule has 154 valence electrons. The number of nitrogens with one attached hydrogen (secondary N) is 3. The molecule has 3 N–H and O–H groups in total. The summed E-state index contributed by atoms with van der Waals surface area (Å²) in [5, 5.41) is 9.09. The average molecular weight is 492 g/mol. The molecule has 1 amide bonds. The van der Waals surface area contributed by atoms with Crippen LogP contribution in [0.15, 0.2) is 23.2 Å². The minimum Gasteiger partial charge on any atom is -0.494 e. The number of amides is 1. The number of rotatable bonds is 7. The van der Waals surface area contributed by atoms with Crippen LogP contribution in [0.2, 0.25) is 0 Å². The molecule has 1 rings (SSSR count). The summed E-state index contributed by atoms with van der Waals surface area (Å²) in [6.45, 7) is 11.7. The Bertz CT molecular complexity index is 615. The van der Waals surface area contributed by atoms with E-state index in [9.17, 15) is 4.79 Å². The summed E-state index contributed by atoms with van der Waals surface area (Å²) in [6.07, 6.45) is -0.428. The highest BCUT2D eigenvalue weighted by Gasteiger charge is 2.15. The van der Waals surface area contributed by atoms with E-state index in [2.05, 4.69) is 27.0 Å². The molecule has 0 unspecified atom stereocenters. The second-order valence-electron chi connectivity index (χ2n) is 6.83. The minimum absolute atomic E-state index is 0. The van der Waals surface area contributed by atoms with E-state index in [1.807, 2.05) is 46.8 Å². The predicted molar refractivity (Wildman–Crippen MR) is 120 cm³/mol. The van der Waals surface area contributed by atoms with Crippen LogP contribution in [0.25, 0.3) is 0 Å². The van der Waals surface area contributed by atoms with Crippen molar-refractivity contribution in [1.82, 2.24) is 16.0 Å². The fourth-order valence-electron chi connectivity index (χ4n) is 2.16. The summed E-state index contributed by atoms with van der Waals surface area (Å²) in [5.74, 6) is 1.53. The fourth-order valence-corrected chi connectivity index (χ4v) is 2.16. The molecule has 1 aromatic carbocycles. The number of benzene rings is 1. The first-order valence-corrected chi connectivity index (χ1v) is 8.89. The number of ether oxygens (including phenoxy) is 2. The second-order valence-corrected chi connectivity index (χ2v) is 6.83. The Morgan fingerprint density at radius 1 is 1.15 bits per heavy atom. The molecule has 0 saturated carbocycles. The maximum Gasteiger partial charge on any atom is 0.407 e. The van der Waals surface area contributed by atoms with Crippen LogP contribution < -0.4 is 20.7 Å². The van der Waals surface area contributed by atoms with Crippen molar-refractivity contribution in [2.24, 2.45) is 4.99 Å². The van der Waals surface area contributed by atoms with Crippen molar-refractivity contribution in [3.63, 3.8) is 0 Å². The van der Waals surface area contributed by atoms with E-state index >= 15 is 0 Å². The average Bonchev–Trinajstić information content (AvgIpc) is 2.54. The van der Waals surface area contributed by atoms with Gasteiger partial charge in [-0.3, -0.25) is 4.99 Å². The van der Waals surface area contributed by atoms with Crippen molar-refractivity contribution in [2.45, 2.75) is 46.8 Å². The molecule has 0 aliphatic heterocycles. The highest BCUT2D eigenvalue weighted by molar-refractivity contribution is 14.0. The largest absolute Gasteiger partial charge is 0.494 e. The molecule has 0 aromatic heterocycles. The molecule has 0 radical (unpaired) electrons. The third-order valence-corrected chi connectivity index (χ3v) is 3.28. The number of carbonyl (C=O) groups excluding carboxylic acids is 1. The van der Waals surface area contributed by atoms with Crippen LogP contribution in [-0.2, 0) is 11.3 Å². The summed E-state index contributed by atoms with van der Waals surface area (Å²) < 4.78 is 10.9. The van der Waals surface area contributed by atoms with Crippen LogP contribution >= 0.6 is 24.0 Å². The zero-order valence-corrected chi connectivity index (χ0v) is 19.5. The third kappa shape index (κ3) is 10.9. The number of nitrogens with zero attached hydrogens (tertiary/aromatic N) is 1. The van der Waals surface area contributed by atoms with Gasteiger partial charge in [0.1, 0.15) is 11.4 Å². The Morgan fingerprint density at radius 2 is 1.81 bits per heavy atom. The molecule has 0 atom stereocenters. The smallest absolute Gasteiger partial charge is 0.407 e. The first-order valence-electron chi connectivity index (χ1n) is 8.89. The van der Waals surface area contributed by atoms with Crippen LogP contribution in [0.5, 0.6) is 5.75 Å². The number of guanidine groups is 1. The van der Waals surface area contributed by atoms with Crippen LogP contribution in [0.1, 0.15) is 38.8 Å². The summed E-state index contributed by atoms with van der Waals surface area (Å²) in [4.78, 5) is 15.8. The molecule has 8 heteroatoms. The first kappa shape index (κ1) is 25.3. The maximum atomic E-state index is 11.6. The van der Waals surface area contributed by atoms with E-state index in [0.717, 1.165) is 16.9 Å². The molecule has 0 aliphatic carbocycles. The van der Waals surface area contributed by atoms with E-state index in [1.54, 1.807) is 7.05 Å². The number of halogens is 1. The normalized spacial score (nSPS) is 11.3. The molecule has 0 fully saturated rings. The van der Waals surface area contributed by atoms with Crippen LogP contribution in [0.3, 0.4) is 0 Å². The predicted octanol–water partition coefficient (Wildman–Crippen LogP) is 3.20. The Morgan fingerprint density at radius 3 is 2.41 bits per heavy atom. The van der Waals surface area contributed by atoms with Crippen molar-refractivity contribution in [1.29, 1.82) is 0 Å². The highest BCUT2D eigenvalue weighted by atomic mass is 127. The van der Waals surface area contributed by atoms with Crippen molar-refractivity contribution >= 4 is 36.0 Å². The monoisotopic (exact) mass is 492 g/mol. The molecule has 0 saturated heterocycles. The van der Waals surface area contributed by atoms with Gasteiger partial charge < -0.3 is 25.4 Å². The number of alkyl carbamates (subject to hydrolysis) is 1. The molecule has 0 spiro atoms. The van der Waals surface area contributed by atoms with Crippen molar-refractivity contribution in [3.05, 3.63) is 29.3 Å². The van der Waals surface area contributed by atoms with E-state index in [1.165, 1.54) is 0 Å². The van der Waals surface area contributed by atoms with Gasteiger partial charge in [-0.15, -0.1) is 24.0 Å².